The summed E-state index contributed by atoms with van der Waals surface area (Å²) in [5.74, 6) is -4.64. The molecule has 0 unspecified atom stereocenters. The molecule has 75 heavy (non-hydrogen) atoms. The van der Waals surface area contributed by atoms with Crippen LogP contribution in [0.2, 0.25) is 0 Å². The number of imide groups is 1. The van der Waals surface area contributed by atoms with E-state index in [0.717, 1.165) is 4.90 Å². The van der Waals surface area contributed by atoms with E-state index in [4.69, 9.17) is 42.7 Å². The second-order valence-corrected chi connectivity index (χ2v) is 18.3. The van der Waals surface area contributed by atoms with Crippen molar-refractivity contribution in [2.24, 2.45) is 0 Å². The topological polar surface area (TPSA) is 479 Å². The maximum Gasteiger partial charge on any atom is 0.333 e. The van der Waals surface area contributed by atoms with Crippen molar-refractivity contribution >= 4 is 35.5 Å². The molecule has 0 bridgehead atoms. The number of nitrogens with one attached hydrogen (secondary N) is 2. The zero-order chi connectivity index (χ0) is 55.3. The van der Waals surface area contributed by atoms with Crippen LogP contribution >= 0.6 is 0 Å². The van der Waals surface area contributed by atoms with Gasteiger partial charge in [-0.15, -0.1) is 5.06 Å². The highest BCUT2D eigenvalue weighted by atomic mass is 16.8. The van der Waals surface area contributed by atoms with Gasteiger partial charge in [-0.1, -0.05) is 0 Å². The Bertz CT molecular complexity index is 1860. The van der Waals surface area contributed by atoms with E-state index in [0.29, 0.717) is 5.06 Å². The molecule has 0 aromatic rings. The average Bonchev–Trinajstić information content (AvgIpc) is 3.69. The molecule has 32 heteroatoms. The molecule has 430 valence electrons. The fourth-order valence-corrected chi connectivity index (χ4v) is 8.36. The first kappa shape index (κ1) is 62.0. The van der Waals surface area contributed by atoms with Crippen LogP contribution in [0.25, 0.3) is 0 Å². The second-order valence-electron chi connectivity index (χ2n) is 18.3. The predicted molar refractivity (Wildman–Crippen MR) is 236 cm³/mol. The number of amides is 5. The minimum atomic E-state index is -1.97. The largest absolute Gasteiger partial charge is 0.396 e. The van der Waals surface area contributed by atoms with Crippen LogP contribution in [0.5, 0.6) is 0 Å². The fraction of sp³-hybridized carbons (Fsp3) is 0.860. The van der Waals surface area contributed by atoms with Gasteiger partial charge in [0, 0.05) is 45.4 Å². The second kappa shape index (κ2) is 29.2. The lowest BCUT2D eigenvalue weighted by atomic mass is 9.95. The van der Waals surface area contributed by atoms with Crippen LogP contribution < -0.4 is 10.6 Å². The molecule has 0 aromatic heterocycles. The molecule has 5 aliphatic heterocycles. The highest BCUT2D eigenvalue weighted by Gasteiger charge is 2.52. The molecule has 20 atom stereocenters. The van der Waals surface area contributed by atoms with Crippen molar-refractivity contribution in [2.75, 3.05) is 59.2 Å². The molecule has 0 spiro atoms. The maximum absolute atomic E-state index is 13.4. The van der Waals surface area contributed by atoms with Crippen LogP contribution in [0.3, 0.4) is 0 Å². The molecule has 5 rings (SSSR count). The van der Waals surface area contributed by atoms with Gasteiger partial charge in [-0.3, -0.25) is 24.0 Å². The van der Waals surface area contributed by atoms with Crippen molar-refractivity contribution in [3.8, 4) is 0 Å². The summed E-state index contributed by atoms with van der Waals surface area (Å²) in [7, 11) is 0. The molecule has 5 fully saturated rings. The van der Waals surface area contributed by atoms with E-state index < -0.39 is 198 Å². The van der Waals surface area contributed by atoms with Crippen LogP contribution in [0.15, 0.2) is 0 Å². The summed E-state index contributed by atoms with van der Waals surface area (Å²) in [4.78, 5) is 81.3. The lowest BCUT2D eigenvalue weighted by Gasteiger charge is -2.46. The fourth-order valence-electron chi connectivity index (χ4n) is 8.36. The van der Waals surface area contributed by atoms with Gasteiger partial charge in [0.2, 0.25) is 17.7 Å². The number of hydrogen-bond donors (Lipinski definition) is 15. The number of aliphatic hydroxyl groups excluding tert-OH is 13. The Labute approximate surface area is 427 Å². The minimum absolute atomic E-state index is 0.0230. The van der Waals surface area contributed by atoms with Gasteiger partial charge in [-0.2, -0.15) is 0 Å². The number of nitrogens with zero attached hydrogens (tertiary/aromatic N) is 2. The number of carbonyl (C=O) groups excluding carboxylic acids is 6. The van der Waals surface area contributed by atoms with Crippen LogP contribution in [0.1, 0.15) is 51.9 Å². The van der Waals surface area contributed by atoms with Crippen molar-refractivity contribution in [1.82, 2.24) is 20.6 Å². The Kier molecular flexibility index (Phi) is 24.2. The SMILES string of the molecule is C[C@@H]1O[C@@H](OCCNC(=O)CN(CC(=O)NCCO[C@H]2O[C@H](CO[C@H]3O[C@H](CO)[C@@H](O)[C@H](O)[C@@H]3O)[C@@H](O)[C@H](O[C@H]3O[C@H](CCO)[C@@H](O)[C@H](O)[C@@H]3O)[C@@H]2O)C(=O)CCCCC(=O)ON2C(=O)CCC2=O)[C@@H](O)[C@H](O)[C@@H]1O. The van der Waals surface area contributed by atoms with Crippen molar-refractivity contribution < 1.29 is 138 Å². The Morgan fingerprint density at radius 2 is 1.08 bits per heavy atom. The van der Waals surface area contributed by atoms with E-state index in [2.05, 4.69) is 10.6 Å². The molecular formula is C43H70N4O28. The first-order chi connectivity index (χ1) is 35.6. The quantitative estimate of drug-likeness (QED) is 0.0282. The molecule has 32 nitrogen and oxygen atoms in total. The Hall–Kier alpha value is -3.82. The standard InChI is InChI=1S/C43H70N4O28/c1-18-28(56)32(60)35(63)40(70-18)67-12-9-44-22(50)14-46(24(52)4-2-3-5-27(55)75-47-25(53)6-7-26(47)54)15-23(51)45-10-13-68-42-38(66)39(74-43-37(65)33(61)29(57)19(71-43)8-11-48)31(59)21(73-42)17-69-41-36(64)34(62)30(58)20(16-49)72-41/h18-21,28-43,48-49,56-66H,2-17H2,1H3,(H,44,50)(H,45,51)/t18-,19+,20+,21+,28+,29+,30+,31+,32+,33-,34-,35-,36-,37-,38-,39-,40+,41-,42-,43+/m0/s1. The molecule has 5 saturated heterocycles. The number of hydroxylamine groups is 2. The van der Waals surface area contributed by atoms with Gasteiger partial charge in [-0.25, -0.2) is 4.79 Å². The van der Waals surface area contributed by atoms with Gasteiger partial charge in [0.05, 0.1) is 38.6 Å². The highest BCUT2D eigenvalue weighted by molar-refractivity contribution is 6.01. The molecule has 0 aliphatic carbocycles. The molecule has 15 N–H and O–H groups in total. The van der Waals surface area contributed by atoms with Crippen LogP contribution in [0, 0.1) is 0 Å². The summed E-state index contributed by atoms with van der Waals surface area (Å²) in [6.07, 6.45) is -34.2. The van der Waals surface area contributed by atoms with E-state index >= 15 is 0 Å². The van der Waals surface area contributed by atoms with Gasteiger partial charge >= 0.3 is 5.97 Å². The van der Waals surface area contributed by atoms with Gasteiger partial charge in [-0.05, 0) is 26.2 Å². The minimum Gasteiger partial charge on any atom is -0.396 e. The van der Waals surface area contributed by atoms with Gasteiger partial charge in [0.1, 0.15) is 98.5 Å². The maximum atomic E-state index is 13.4. The molecule has 0 aromatic carbocycles. The normalized spacial score (nSPS) is 37.3. The summed E-state index contributed by atoms with van der Waals surface area (Å²) in [5, 5.41) is 140. The van der Waals surface area contributed by atoms with Crippen LogP contribution in [0.4, 0.5) is 0 Å². The number of ether oxygens (including phenoxy) is 8. The first-order valence-electron chi connectivity index (χ1n) is 24.3. The van der Waals surface area contributed by atoms with E-state index in [1.165, 1.54) is 6.92 Å². The third-order valence-electron chi connectivity index (χ3n) is 12.8. The van der Waals surface area contributed by atoms with E-state index in [9.17, 15) is 95.2 Å². The molecule has 5 heterocycles. The van der Waals surface area contributed by atoms with E-state index in [-0.39, 0.29) is 64.6 Å². The molecule has 5 aliphatic rings. The Morgan fingerprint density at radius 1 is 0.587 bits per heavy atom. The molecular weight excluding hydrogens is 1020 g/mol. The van der Waals surface area contributed by atoms with Gasteiger partial charge < -0.3 is 125 Å². The average molecular weight is 1090 g/mol. The first-order valence-corrected chi connectivity index (χ1v) is 24.3. The summed E-state index contributed by atoms with van der Waals surface area (Å²) >= 11 is 0. The zero-order valence-electron chi connectivity index (χ0n) is 40.7. The Morgan fingerprint density at radius 3 is 1.65 bits per heavy atom. The lowest BCUT2D eigenvalue weighted by Crippen LogP contribution is -2.65. The number of hydrogen-bond acceptors (Lipinski definition) is 28. The summed E-state index contributed by atoms with van der Waals surface area (Å²) in [5.41, 5.74) is 0. The molecule has 0 saturated carbocycles. The van der Waals surface area contributed by atoms with E-state index in [1.807, 2.05) is 0 Å². The smallest absolute Gasteiger partial charge is 0.333 e. The zero-order valence-corrected chi connectivity index (χ0v) is 40.7. The van der Waals surface area contributed by atoms with Crippen molar-refractivity contribution in [3.63, 3.8) is 0 Å². The monoisotopic (exact) mass is 1090 g/mol. The highest BCUT2D eigenvalue weighted by Crippen LogP contribution is 2.32. The molecule has 5 amide bonds. The number of carbonyl (C=O) groups is 6. The molecule has 0 radical (unpaired) electrons. The summed E-state index contributed by atoms with van der Waals surface area (Å²) in [6.45, 7) is -3.39. The third-order valence-corrected chi connectivity index (χ3v) is 12.8. The van der Waals surface area contributed by atoms with Crippen molar-refractivity contribution in [2.45, 2.75) is 175 Å². The number of unbranched alkanes of at least 4 members (excludes halogenated alkanes) is 1. The van der Waals surface area contributed by atoms with Gasteiger partial charge in [0.25, 0.3) is 11.8 Å². The van der Waals surface area contributed by atoms with Crippen LogP contribution in [-0.2, 0) is 71.5 Å². The summed E-state index contributed by atoms with van der Waals surface area (Å²) < 4.78 is 44.4. The predicted octanol–water partition coefficient (Wildman–Crippen LogP) is -10.1. The summed E-state index contributed by atoms with van der Waals surface area (Å²) in [6, 6.07) is 0. The van der Waals surface area contributed by atoms with Crippen LogP contribution in [-0.4, -0.2) is 294 Å². The van der Waals surface area contributed by atoms with Crippen molar-refractivity contribution in [3.05, 3.63) is 0 Å². The van der Waals surface area contributed by atoms with Gasteiger partial charge in [0.15, 0.2) is 25.2 Å². The number of aliphatic hydroxyl groups is 13. The van der Waals surface area contributed by atoms with E-state index in [1.54, 1.807) is 0 Å². The van der Waals surface area contributed by atoms with Crippen molar-refractivity contribution in [1.29, 1.82) is 0 Å². The Balaban J connectivity index is 1.19. The third kappa shape index (κ3) is 16.6. The number of rotatable bonds is 26. The lowest BCUT2D eigenvalue weighted by molar-refractivity contribution is -0.365.